The first-order valence-electron chi connectivity index (χ1n) is 5.74. The molecule has 5 nitrogen and oxygen atoms in total. The van der Waals surface area contributed by atoms with Gasteiger partial charge in [0.25, 0.3) is 0 Å². The first-order chi connectivity index (χ1) is 9.08. The van der Waals surface area contributed by atoms with Gasteiger partial charge in [0, 0.05) is 18.0 Å². The van der Waals surface area contributed by atoms with Crippen LogP contribution in [0.25, 0.3) is 0 Å². The molecule has 0 saturated heterocycles. The number of aromatic carboxylic acids is 1. The Labute approximate surface area is 110 Å². The highest BCUT2D eigenvalue weighted by Crippen LogP contribution is 2.23. The summed E-state index contributed by atoms with van der Waals surface area (Å²) in [7, 11) is 0. The second-order valence-electron chi connectivity index (χ2n) is 4.12. The molecule has 3 N–H and O–H groups in total. The number of nitrogens with two attached hydrogens (primary N) is 1. The maximum atomic E-state index is 11.1. The summed E-state index contributed by atoms with van der Waals surface area (Å²) >= 11 is 0. The van der Waals surface area contributed by atoms with Crippen molar-refractivity contribution >= 4 is 11.7 Å². The number of nitrogens with zero attached hydrogens (tertiary/aromatic N) is 1. The summed E-state index contributed by atoms with van der Waals surface area (Å²) in [5.41, 5.74) is 7.93. The van der Waals surface area contributed by atoms with Crippen molar-refractivity contribution in [2.24, 2.45) is 0 Å². The third kappa shape index (κ3) is 3.01. The average Bonchev–Trinajstić information content (AvgIpc) is 2.37. The summed E-state index contributed by atoms with van der Waals surface area (Å²) in [5.74, 6) is -0.801. The molecule has 0 atom stereocenters. The van der Waals surface area contributed by atoms with E-state index in [1.54, 1.807) is 6.20 Å². The van der Waals surface area contributed by atoms with Crippen LogP contribution in [0.3, 0.4) is 0 Å². The number of aryl methyl sites for hydroxylation is 1. The summed E-state index contributed by atoms with van der Waals surface area (Å²) in [5, 5.41) is 9.07. The lowest BCUT2D eigenvalue weighted by molar-refractivity contribution is 0.0691. The quantitative estimate of drug-likeness (QED) is 0.821. The van der Waals surface area contributed by atoms with Gasteiger partial charge in [-0.05, 0) is 30.7 Å². The number of anilines is 1. The fraction of sp³-hybridized carbons (Fsp3) is 0.143. The van der Waals surface area contributed by atoms with Crippen molar-refractivity contribution in [3.8, 4) is 5.75 Å². The van der Waals surface area contributed by atoms with E-state index in [1.165, 1.54) is 18.2 Å². The van der Waals surface area contributed by atoms with Crippen LogP contribution < -0.4 is 10.5 Å². The zero-order valence-corrected chi connectivity index (χ0v) is 10.5. The van der Waals surface area contributed by atoms with Crippen LogP contribution in [-0.4, -0.2) is 16.1 Å². The third-order valence-electron chi connectivity index (χ3n) is 2.72. The van der Waals surface area contributed by atoms with Crippen LogP contribution in [-0.2, 0) is 6.61 Å². The third-order valence-corrected chi connectivity index (χ3v) is 2.72. The van der Waals surface area contributed by atoms with Crippen molar-refractivity contribution in [2.75, 3.05) is 5.73 Å². The second kappa shape index (κ2) is 5.39. The van der Waals surface area contributed by atoms with Gasteiger partial charge in [-0.2, -0.15) is 0 Å². The van der Waals surface area contributed by atoms with Gasteiger partial charge in [-0.3, -0.25) is 4.98 Å². The van der Waals surface area contributed by atoms with Crippen molar-refractivity contribution < 1.29 is 14.6 Å². The number of hydrogen-bond acceptors (Lipinski definition) is 4. The molecule has 1 aromatic carbocycles. The van der Waals surface area contributed by atoms with Gasteiger partial charge in [0.15, 0.2) is 0 Å². The number of ether oxygens (including phenoxy) is 1. The van der Waals surface area contributed by atoms with Crippen molar-refractivity contribution in [3.05, 3.63) is 53.3 Å². The number of carboxylic acids is 1. The van der Waals surface area contributed by atoms with E-state index in [4.69, 9.17) is 15.6 Å². The molecule has 0 amide bonds. The normalized spacial score (nSPS) is 10.2. The number of carboxylic acid groups (broad SMARTS) is 1. The number of carbonyl (C=O) groups is 1. The van der Waals surface area contributed by atoms with Gasteiger partial charge in [-0.1, -0.05) is 6.07 Å². The van der Waals surface area contributed by atoms with Crippen molar-refractivity contribution in [3.63, 3.8) is 0 Å². The maximum absolute atomic E-state index is 11.1. The number of aromatic nitrogens is 1. The molecule has 0 fully saturated rings. The molecule has 0 aliphatic carbocycles. The molecule has 0 saturated carbocycles. The fourth-order valence-corrected chi connectivity index (χ4v) is 1.65. The average molecular weight is 258 g/mol. The van der Waals surface area contributed by atoms with Crippen LogP contribution >= 0.6 is 0 Å². The minimum atomic E-state index is -1.05. The van der Waals surface area contributed by atoms with Gasteiger partial charge in [-0.25, -0.2) is 4.79 Å². The minimum Gasteiger partial charge on any atom is -0.486 e. The van der Waals surface area contributed by atoms with Crippen molar-refractivity contribution in [2.45, 2.75) is 13.5 Å². The van der Waals surface area contributed by atoms with Crippen LogP contribution in [0.4, 0.5) is 5.69 Å². The molecule has 5 heteroatoms. The molecule has 0 radical (unpaired) electrons. The van der Waals surface area contributed by atoms with Crippen LogP contribution in [0.1, 0.15) is 21.6 Å². The van der Waals surface area contributed by atoms with E-state index >= 15 is 0 Å². The molecule has 98 valence electrons. The van der Waals surface area contributed by atoms with Crippen molar-refractivity contribution in [1.29, 1.82) is 0 Å². The van der Waals surface area contributed by atoms with E-state index in [0.29, 0.717) is 5.69 Å². The molecular formula is C14H14N2O3. The number of benzene rings is 1. The Morgan fingerprint density at radius 1 is 1.42 bits per heavy atom. The molecule has 19 heavy (non-hydrogen) atoms. The number of nitrogen functional groups attached to an aromatic ring is 1. The molecule has 0 aliphatic heterocycles. The van der Waals surface area contributed by atoms with E-state index in [9.17, 15) is 4.79 Å². The Hall–Kier alpha value is -2.56. The first kappa shape index (κ1) is 12.9. The number of rotatable bonds is 4. The van der Waals surface area contributed by atoms with Crippen LogP contribution in [0, 0.1) is 6.92 Å². The van der Waals surface area contributed by atoms with Gasteiger partial charge in [0.1, 0.15) is 17.9 Å². The highest BCUT2D eigenvalue weighted by Gasteiger charge is 2.12. The highest BCUT2D eigenvalue weighted by atomic mass is 16.5. The smallest absolute Gasteiger partial charge is 0.339 e. The predicted molar refractivity (Wildman–Crippen MR) is 71.1 cm³/mol. The van der Waals surface area contributed by atoms with Gasteiger partial charge in [-0.15, -0.1) is 0 Å². The molecular weight excluding hydrogens is 244 g/mol. The van der Waals surface area contributed by atoms with E-state index < -0.39 is 5.97 Å². The summed E-state index contributed by atoms with van der Waals surface area (Å²) in [6.07, 6.45) is 1.67. The second-order valence-corrected chi connectivity index (χ2v) is 4.12. The number of pyridine rings is 1. The van der Waals surface area contributed by atoms with Gasteiger partial charge in [0.2, 0.25) is 0 Å². The van der Waals surface area contributed by atoms with E-state index in [-0.39, 0.29) is 17.9 Å². The Bertz CT molecular complexity index is 611. The minimum absolute atomic E-state index is 0.0859. The standard InChI is InChI=1S/C14H14N2O3/c1-9-3-2-6-16-12(9)8-19-13-7-10(15)4-5-11(13)14(17)18/h2-7H,8,15H2,1H3,(H,17,18). The van der Waals surface area contributed by atoms with Gasteiger partial charge in [0.05, 0.1) is 5.69 Å². The Morgan fingerprint density at radius 3 is 2.89 bits per heavy atom. The summed E-state index contributed by atoms with van der Waals surface area (Å²) in [6.45, 7) is 2.12. The van der Waals surface area contributed by atoms with Crippen molar-refractivity contribution in [1.82, 2.24) is 4.98 Å². The van der Waals surface area contributed by atoms with Crippen LogP contribution in [0.5, 0.6) is 5.75 Å². The summed E-state index contributed by atoms with van der Waals surface area (Å²) in [6, 6.07) is 8.22. The lowest BCUT2D eigenvalue weighted by Crippen LogP contribution is -2.06. The lowest BCUT2D eigenvalue weighted by Gasteiger charge is -2.10. The van der Waals surface area contributed by atoms with E-state index in [0.717, 1.165) is 11.3 Å². The largest absolute Gasteiger partial charge is 0.486 e. The predicted octanol–water partition coefficient (Wildman–Crippen LogP) is 2.25. The van der Waals surface area contributed by atoms with Crippen LogP contribution in [0.15, 0.2) is 36.5 Å². The molecule has 1 aromatic heterocycles. The monoisotopic (exact) mass is 258 g/mol. The number of hydrogen-bond donors (Lipinski definition) is 2. The molecule has 2 aromatic rings. The molecule has 0 bridgehead atoms. The topological polar surface area (TPSA) is 85.4 Å². The van der Waals surface area contributed by atoms with E-state index in [2.05, 4.69) is 4.98 Å². The molecule has 0 spiro atoms. The van der Waals surface area contributed by atoms with E-state index in [1.807, 2.05) is 19.1 Å². The zero-order valence-electron chi connectivity index (χ0n) is 10.5. The summed E-state index contributed by atoms with van der Waals surface area (Å²) < 4.78 is 5.52. The summed E-state index contributed by atoms with van der Waals surface area (Å²) in [4.78, 5) is 15.3. The SMILES string of the molecule is Cc1cccnc1COc1cc(N)ccc1C(=O)O. The lowest BCUT2D eigenvalue weighted by atomic mass is 10.2. The Morgan fingerprint density at radius 2 is 2.21 bits per heavy atom. The first-order valence-corrected chi connectivity index (χ1v) is 5.74. The van der Waals surface area contributed by atoms with Gasteiger partial charge < -0.3 is 15.6 Å². The highest BCUT2D eigenvalue weighted by molar-refractivity contribution is 5.91. The van der Waals surface area contributed by atoms with Gasteiger partial charge >= 0.3 is 5.97 Å². The molecule has 2 rings (SSSR count). The molecule has 0 aliphatic rings. The zero-order chi connectivity index (χ0) is 13.8. The Kier molecular flexibility index (Phi) is 3.66. The maximum Gasteiger partial charge on any atom is 0.339 e. The fourth-order valence-electron chi connectivity index (χ4n) is 1.65. The molecule has 0 unspecified atom stereocenters. The Balaban J connectivity index is 2.22. The molecule has 1 heterocycles. The van der Waals surface area contributed by atoms with Crippen LogP contribution in [0.2, 0.25) is 0 Å².